The second kappa shape index (κ2) is 20.7. The van der Waals surface area contributed by atoms with Crippen molar-refractivity contribution in [1.82, 2.24) is 15.5 Å². The van der Waals surface area contributed by atoms with Crippen molar-refractivity contribution in [2.24, 2.45) is 5.92 Å². The lowest BCUT2D eigenvalue weighted by Crippen LogP contribution is -2.44. The second-order valence-electron chi connectivity index (χ2n) is 14.8. The highest BCUT2D eigenvalue weighted by molar-refractivity contribution is 5.76. The normalized spacial score (nSPS) is 18.1. The molecule has 5 aromatic carbocycles. The third-order valence-corrected chi connectivity index (χ3v) is 10.5. The summed E-state index contributed by atoms with van der Waals surface area (Å²) in [6, 6.07) is 45.8. The molecule has 1 aliphatic rings. The third-order valence-electron chi connectivity index (χ3n) is 10.5. The van der Waals surface area contributed by atoms with Gasteiger partial charge in [0.1, 0.15) is 0 Å². The zero-order chi connectivity index (χ0) is 39.1. The summed E-state index contributed by atoms with van der Waals surface area (Å²) in [5.41, 5.74) is 8.51. The number of amides is 2. The highest BCUT2D eigenvalue weighted by atomic mass is 16.7. The maximum atomic E-state index is 12.7. The van der Waals surface area contributed by atoms with Crippen molar-refractivity contribution >= 4 is 11.8 Å². The first kappa shape index (κ1) is 40.5. The van der Waals surface area contributed by atoms with Gasteiger partial charge in [-0.15, -0.1) is 0 Å². The highest BCUT2D eigenvalue weighted by Crippen LogP contribution is 2.42. The topological polar surface area (TPSA) is 100 Å². The number of carbonyl (C=O) groups is 2. The summed E-state index contributed by atoms with van der Waals surface area (Å²) in [7, 11) is 0. The fourth-order valence-electron chi connectivity index (χ4n) is 7.36. The Morgan fingerprint density at radius 2 is 1.30 bits per heavy atom. The maximum absolute atomic E-state index is 12.7. The lowest BCUT2D eigenvalue weighted by atomic mass is 9.89. The average molecular weight is 754 g/mol. The molecule has 0 aliphatic carbocycles. The van der Waals surface area contributed by atoms with E-state index in [2.05, 4.69) is 132 Å². The van der Waals surface area contributed by atoms with Gasteiger partial charge in [-0.05, 0) is 51.8 Å². The lowest BCUT2D eigenvalue weighted by Gasteiger charge is -2.43. The highest BCUT2D eigenvalue weighted by Gasteiger charge is 2.39. The number of rotatable bonds is 18. The van der Waals surface area contributed by atoms with Crippen molar-refractivity contribution in [2.75, 3.05) is 13.1 Å². The Balaban J connectivity index is 1.18. The molecule has 0 aromatic heterocycles. The Bertz CT molecular complexity index is 1910. The number of nitrogens with one attached hydrogen (secondary N) is 2. The number of unbranched alkanes of at least 4 members (excludes halogenated alkanes) is 2. The molecule has 1 saturated heterocycles. The molecule has 0 spiro atoms. The number of nitrogens with zero attached hydrogens (tertiary/aromatic N) is 1. The molecule has 0 bridgehead atoms. The molecule has 1 heterocycles. The van der Waals surface area contributed by atoms with Crippen LogP contribution in [0.1, 0.15) is 85.3 Å². The minimum absolute atomic E-state index is 0.00633. The Kier molecular flexibility index (Phi) is 15.0. The van der Waals surface area contributed by atoms with Gasteiger partial charge in [0, 0.05) is 57.5 Å². The zero-order valence-corrected chi connectivity index (χ0v) is 32.6. The van der Waals surface area contributed by atoms with Crippen LogP contribution in [0.2, 0.25) is 0 Å². The molecule has 2 amide bonds. The summed E-state index contributed by atoms with van der Waals surface area (Å²) < 4.78 is 13.7. The van der Waals surface area contributed by atoms with Crippen molar-refractivity contribution in [3.63, 3.8) is 0 Å². The van der Waals surface area contributed by atoms with E-state index in [0.29, 0.717) is 26.1 Å². The molecule has 6 rings (SSSR count). The van der Waals surface area contributed by atoms with E-state index in [0.717, 1.165) is 65.7 Å². The molecule has 8 heteroatoms. The summed E-state index contributed by atoms with van der Waals surface area (Å²) in [6.07, 6.45) is 2.05. The fourth-order valence-corrected chi connectivity index (χ4v) is 7.36. The first-order valence-corrected chi connectivity index (χ1v) is 19.9. The van der Waals surface area contributed by atoms with Gasteiger partial charge in [0.05, 0.1) is 18.8 Å². The van der Waals surface area contributed by atoms with E-state index in [1.807, 2.05) is 24.3 Å². The number of benzene rings is 5. The van der Waals surface area contributed by atoms with Crippen molar-refractivity contribution < 1.29 is 24.2 Å². The van der Waals surface area contributed by atoms with Crippen LogP contribution in [0.15, 0.2) is 133 Å². The predicted octanol–water partition coefficient (Wildman–Crippen LogP) is 8.65. The zero-order valence-electron chi connectivity index (χ0n) is 32.6. The van der Waals surface area contributed by atoms with Crippen molar-refractivity contribution in [3.8, 4) is 11.1 Å². The van der Waals surface area contributed by atoms with E-state index >= 15 is 0 Å². The van der Waals surface area contributed by atoms with Crippen LogP contribution < -0.4 is 10.6 Å². The van der Waals surface area contributed by atoms with Gasteiger partial charge in [0.2, 0.25) is 11.8 Å². The SMILES string of the molecule is CC(=O)NCCCCCC(=O)NCc1ccccc1-c1ccc([C@@H]2O[C@H](CN(Cc3ccccc3)Cc3ccccc3)[C@H](C)[C@H](c3ccc(CO)cc3)O2)cc1. The molecule has 3 N–H and O–H groups in total. The smallest absolute Gasteiger partial charge is 0.220 e. The molecule has 56 heavy (non-hydrogen) atoms. The Labute approximate surface area is 331 Å². The first-order valence-electron chi connectivity index (χ1n) is 19.9. The Morgan fingerprint density at radius 1 is 0.679 bits per heavy atom. The molecule has 8 nitrogen and oxygen atoms in total. The second-order valence-corrected chi connectivity index (χ2v) is 14.8. The van der Waals surface area contributed by atoms with E-state index in [4.69, 9.17) is 9.47 Å². The lowest BCUT2D eigenvalue weighted by molar-refractivity contribution is -0.276. The molecule has 0 radical (unpaired) electrons. The van der Waals surface area contributed by atoms with Crippen LogP contribution in [0.4, 0.5) is 0 Å². The maximum Gasteiger partial charge on any atom is 0.220 e. The summed E-state index contributed by atoms with van der Waals surface area (Å²) in [4.78, 5) is 26.2. The quantitative estimate of drug-likeness (QED) is 0.0776. The van der Waals surface area contributed by atoms with Gasteiger partial charge in [-0.25, -0.2) is 0 Å². The van der Waals surface area contributed by atoms with Gasteiger partial charge in [0.15, 0.2) is 6.29 Å². The van der Waals surface area contributed by atoms with Crippen molar-refractivity contribution in [1.29, 1.82) is 0 Å². The standard InChI is InChI=1S/C48H55N3O5/c1-35-45(33-51(31-37-14-6-3-7-15-37)32-38-16-8-4-9-17-38)55-48(56-47(35)41-23-21-39(34-52)22-24-41)42-27-25-40(26-28-42)44-19-12-11-18-43(44)30-50-46(54)20-10-5-13-29-49-36(2)53/h3-4,6-9,11-12,14-19,21-28,35,45,47-48,52H,5,10,13,20,29-34H2,1-2H3,(H,49,53)(H,50,54)/t35-,45+,47+,48+/m0/s1. The summed E-state index contributed by atoms with van der Waals surface area (Å²) in [5, 5.41) is 15.6. The largest absolute Gasteiger partial charge is 0.392 e. The van der Waals surface area contributed by atoms with Crippen LogP contribution in [-0.4, -0.2) is 41.0 Å². The van der Waals surface area contributed by atoms with Crippen molar-refractivity contribution in [3.05, 3.63) is 167 Å². The van der Waals surface area contributed by atoms with Crippen LogP contribution in [-0.2, 0) is 45.3 Å². The number of aliphatic hydroxyl groups is 1. The van der Waals surface area contributed by atoms with E-state index in [9.17, 15) is 14.7 Å². The molecule has 0 unspecified atom stereocenters. The van der Waals surface area contributed by atoms with E-state index in [-0.39, 0.29) is 36.5 Å². The van der Waals surface area contributed by atoms with Crippen LogP contribution >= 0.6 is 0 Å². The van der Waals surface area contributed by atoms with Crippen LogP contribution in [0.5, 0.6) is 0 Å². The minimum atomic E-state index is -0.587. The first-order chi connectivity index (χ1) is 27.4. The predicted molar refractivity (Wildman–Crippen MR) is 221 cm³/mol. The van der Waals surface area contributed by atoms with Gasteiger partial charge in [0.25, 0.3) is 0 Å². The van der Waals surface area contributed by atoms with Gasteiger partial charge in [-0.2, -0.15) is 0 Å². The molecule has 1 aliphatic heterocycles. The number of ether oxygens (including phenoxy) is 2. The average Bonchev–Trinajstić information content (AvgIpc) is 3.23. The molecular formula is C48H55N3O5. The van der Waals surface area contributed by atoms with E-state index in [1.165, 1.54) is 18.1 Å². The van der Waals surface area contributed by atoms with Crippen LogP contribution in [0, 0.1) is 5.92 Å². The molecule has 4 atom stereocenters. The molecule has 0 saturated carbocycles. The van der Waals surface area contributed by atoms with Gasteiger partial charge in [-0.3, -0.25) is 14.5 Å². The molecule has 292 valence electrons. The third kappa shape index (κ3) is 11.7. The molecule has 1 fully saturated rings. The van der Waals surface area contributed by atoms with Gasteiger partial charge < -0.3 is 25.2 Å². The summed E-state index contributed by atoms with van der Waals surface area (Å²) >= 11 is 0. The summed E-state index contributed by atoms with van der Waals surface area (Å²) in [6.45, 7) is 7.09. The van der Waals surface area contributed by atoms with Gasteiger partial charge in [-0.1, -0.05) is 147 Å². The van der Waals surface area contributed by atoms with Gasteiger partial charge >= 0.3 is 0 Å². The fraction of sp³-hybridized carbons (Fsp3) is 0.333. The van der Waals surface area contributed by atoms with Crippen LogP contribution in [0.3, 0.4) is 0 Å². The van der Waals surface area contributed by atoms with Crippen LogP contribution in [0.25, 0.3) is 11.1 Å². The molecular weight excluding hydrogens is 699 g/mol. The van der Waals surface area contributed by atoms with E-state index in [1.54, 1.807) is 0 Å². The number of carbonyl (C=O) groups excluding carboxylic acids is 2. The molecule has 5 aromatic rings. The monoisotopic (exact) mass is 753 g/mol. The number of hydrogen-bond acceptors (Lipinski definition) is 6. The Hall–Kier alpha value is -5.12. The number of hydrogen-bond donors (Lipinski definition) is 3. The van der Waals surface area contributed by atoms with E-state index < -0.39 is 6.29 Å². The minimum Gasteiger partial charge on any atom is -0.392 e. The summed E-state index contributed by atoms with van der Waals surface area (Å²) in [5.74, 6) is 0.0450. The number of aliphatic hydroxyl groups excluding tert-OH is 1. The Morgan fingerprint density at radius 3 is 1.95 bits per heavy atom. The van der Waals surface area contributed by atoms with Crippen molar-refractivity contribution in [2.45, 2.75) is 84.3 Å².